The number of nitrogen functional groups attached to an aromatic ring is 1. The Bertz CT molecular complexity index is 416. The van der Waals surface area contributed by atoms with Gasteiger partial charge in [-0.05, 0) is 11.6 Å². The number of morpholine rings is 1. The van der Waals surface area contributed by atoms with Gasteiger partial charge in [-0.3, -0.25) is 10.3 Å². The molecule has 5 heteroatoms. The van der Waals surface area contributed by atoms with Gasteiger partial charge < -0.3 is 10.5 Å². The molecule has 0 saturated carbocycles. The third-order valence-electron chi connectivity index (χ3n) is 2.86. The average Bonchev–Trinajstić information content (AvgIpc) is 2.33. The highest BCUT2D eigenvalue weighted by atomic mass is 35.5. The number of ether oxygens (including phenoxy) is 1. The van der Waals surface area contributed by atoms with Crippen LogP contribution in [0.3, 0.4) is 0 Å². The van der Waals surface area contributed by atoms with Gasteiger partial charge in [0.1, 0.15) is 5.84 Å². The molecule has 1 aliphatic rings. The van der Waals surface area contributed by atoms with Crippen molar-refractivity contribution in [2.24, 2.45) is 5.73 Å². The predicted octanol–water partition coefficient (Wildman–Crippen LogP) is 1.46. The van der Waals surface area contributed by atoms with E-state index in [0.717, 1.165) is 38.4 Å². The van der Waals surface area contributed by atoms with Gasteiger partial charge in [0.05, 0.1) is 13.2 Å². The first-order valence-electron chi connectivity index (χ1n) is 5.60. The van der Waals surface area contributed by atoms with Crippen LogP contribution >= 0.6 is 11.6 Å². The molecular formula is C12H16ClN3O. The third-order valence-corrected chi connectivity index (χ3v) is 3.21. The number of amidine groups is 1. The number of hydrogen-bond donors (Lipinski definition) is 2. The topological polar surface area (TPSA) is 62.3 Å². The van der Waals surface area contributed by atoms with Gasteiger partial charge in [0, 0.05) is 30.2 Å². The molecule has 1 fully saturated rings. The Morgan fingerprint density at radius 1 is 1.41 bits per heavy atom. The van der Waals surface area contributed by atoms with Crippen LogP contribution in [0.4, 0.5) is 0 Å². The predicted molar refractivity (Wildman–Crippen MR) is 68.6 cm³/mol. The Labute approximate surface area is 106 Å². The van der Waals surface area contributed by atoms with E-state index in [1.54, 1.807) is 6.07 Å². The molecule has 1 heterocycles. The highest BCUT2D eigenvalue weighted by molar-refractivity contribution is 6.31. The zero-order valence-electron chi connectivity index (χ0n) is 9.58. The largest absolute Gasteiger partial charge is 0.384 e. The van der Waals surface area contributed by atoms with E-state index in [0.29, 0.717) is 10.6 Å². The fraction of sp³-hybridized carbons (Fsp3) is 0.417. The molecule has 2 rings (SSSR count). The molecule has 1 aromatic rings. The monoisotopic (exact) mass is 253 g/mol. The van der Waals surface area contributed by atoms with E-state index in [1.165, 1.54) is 0 Å². The summed E-state index contributed by atoms with van der Waals surface area (Å²) in [4.78, 5) is 2.30. The summed E-state index contributed by atoms with van der Waals surface area (Å²) in [7, 11) is 0. The molecule has 0 amide bonds. The van der Waals surface area contributed by atoms with Crippen LogP contribution in [0.2, 0.25) is 5.02 Å². The number of benzene rings is 1. The van der Waals surface area contributed by atoms with Crippen molar-refractivity contribution in [2.45, 2.75) is 6.54 Å². The first kappa shape index (κ1) is 12.4. The lowest BCUT2D eigenvalue weighted by Gasteiger charge is -2.26. The lowest BCUT2D eigenvalue weighted by atomic mass is 10.1. The summed E-state index contributed by atoms with van der Waals surface area (Å²) in [5, 5.41) is 8.02. The summed E-state index contributed by atoms with van der Waals surface area (Å²) in [6.45, 7) is 4.25. The van der Waals surface area contributed by atoms with Crippen molar-refractivity contribution in [3.8, 4) is 0 Å². The van der Waals surface area contributed by atoms with Gasteiger partial charge in [0.15, 0.2) is 0 Å². The SMILES string of the molecule is N=C(N)c1ccc(CN2CCOCC2)c(Cl)c1. The van der Waals surface area contributed by atoms with E-state index in [-0.39, 0.29) is 5.84 Å². The summed E-state index contributed by atoms with van der Waals surface area (Å²) in [6.07, 6.45) is 0. The number of nitrogens with one attached hydrogen (secondary N) is 1. The molecule has 0 spiro atoms. The summed E-state index contributed by atoms with van der Waals surface area (Å²) in [6, 6.07) is 5.53. The molecule has 3 N–H and O–H groups in total. The van der Waals surface area contributed by atoms with Gasteiger partial charge in [-0.2, -0.15) is 0 Å². The van der Waals surface area contributed by atoms with Crippen molar-refractivity contribution >= 4 is 17.4 Å². The van der Waals surface area contributed by atoms with E-state index in [9.17, 15) is 0 Å². The van der Waals surface area contributed by atoms with E-state index in [4.69, 9.17) is 27.5 Å². The zero-order chi connectivity index (χ0) is 12.3. The smallest absolute Gasteiger partial charge is 0.122 e. The van der Waals surface area contributed by atoms with Crippen LogP contribution in [0.1, 0.15) is 11.1 Å². The third kappa shape index (κ3) is 3.19. The van der Waals surface area contributed by atoms with Crippen molar-refractivity contribution in [3.63, 3.8) is 0 Å². The second-order valence-corrected chi connectivity index (χ2v) is 4.52. The molecule has 17 heavy (non-hydrogen) atoms. The first-order valence-corrected chi connectivity index (χ1v) is 5.97. The molecule has 4 nitrogen and oxygen atoms in total. The maximum Gasteiger partial charge on any atom is 0.122 e. The van der Waals surface area contributed by atoms with Gasteiger partial charge in [-0.1, -0.05) is 23.7 Å². The Balaban J connectivity index is 2.08. The summed E-state index contributed by atoms with van der Waals surface area (Å²) in [5.41, 5.74) is 7.15. The molecule has 0 atom stereocenters. The van der Waals surface area contributed by atoms with Crippen molar-refractivity contribution < 1.29 is 4.74 Å². The van der Waals surface area contributed by atoms with E-state index >= 15 is 0 Å². The van der Waals surface area contributed by atoms with Gasteiger partial charge in [-0.25, -0.2) is 0 Å². The van der Waals surface area contributed by atoms with Gasteiger partial charge in [0.25, 0.3) is 0 Å². The quantitative estimate of drug-likeness (QED) is 0.633. The lowest BCUT2D eigenvalue weighted by Crippen LogP contribution is -2.35. The highest BCUT2D eigenvalue weighted by Crippen LogP contribution is 2.20. The summed E-state index contributed by atoms with van der Waals surface area (Å²) in [5.74, 6) is 0.0461. The second-order valence-electron chi connectivity index (χ2n) is 4.11. The molecule has 92 valence electrons. The minimum absolute atomic E-state index is 0.0461. The maximum absolute atomic E-state index is 7.35. The minimum Gasteiger partial charge on any atom is -0.384 e. The Hall–Kier alpha value is -1.10. The van der Waals surface area contributed by atoms with Crippen LogP contribution in [0.15, 0.2) is 18.2 Å². The molecule has 1 aromatic carbocycles. The van der Waals surface area contributed by atoms with E-state index in [2.05, 4.69) is 4.90 Å². The molecule has 0 aliphatic carbocycles. The second kappa shape index (κ2) is 5.49. The van der Waals surface area contributed by atoms with Crippen LogP contribution < -0.4 is 5.73 Å². The van der Waals surface area contributed by atoms with Gasteiger partial charge in [-0.15, -0.1) is 0 Å². The summed E-state index contributed by atoms with van der Waals surface area (Å²) >= 11 is 6.18. The molecular weight excluding hydrogens is 238 g/mol. The molecule has 0 aromatic heterocycles. The minimum atomic E-state index is 0.0461. The van der Waals surface area contributed by atoms with Crippen LogP contribution in [-0.4, -0.2) is 37.0 Å². The van der Waals surface area contributed by atoms with Crippen molar-refractivity contribution in [3.05, 3.63) is 34.3 Å². The number of nitrogens with two attached hydrogens (primary N) is 1. The van der Waals surface area contributed by atoms with Crippen molar-refractivity contribution in [2.75, 3.05) is 26.3 Å². The van der Waals surface area contributed by atoms with Crippen LogP contribution in [0.5, 0.6) is 0 Å². The Morgan fingerprint density at radius 2 is 2.12 bits per heavy atom. The summed E-state index contributed by atoms with van der Waals surface area (Å²) < 4.78 is 5.30. The Kier molecular flexibility index (Phi) is 3.99. The van der Waals surface area contributed by atoms with E-state index in [1.807, 2.05) is 12.1 Å². The zero-order valence-corrected chi connectivity index (χ0v) is 10.3. The molecule has 1 aliphatic heterocycles. The normalized spacial score (nSPS) is 17.0. The standard InChI is InChI=1S/C12H16ClN3O/c13-11-7-9(12(14)15)1-2-10(11)8-16-3-5-17-6-4-16/h1-2,7H,3-6,8H2,(H3,14,15). The van der Waals surface area contributed by atoms with Crippen LogP contribution in [-0.2, 0) is 11.3 Å². The number of hydrogen-bond acceptors (Lipinski definition) is 3. The average molecular weight is 254 g/mol. The number of halogens is 1. The Morgan fingerprint density at radius 3 is 2.71 bits per heavy atom. The molecule has 0 bridgehead atoms. The fourth-order valence-corrected chi connectivity index (χ4v) is 2.08. The van der Waals surface area contributed by atoms with Crippen molar-refractivity contribution in [1.29, 1.82) is 5.41 Å². The highest BCUT2D eigenvalue weighted by Gasteiger charge is 2.12. The van der Waals surface area contributed by atoms with Gasteiger partial charge >= 0.3 is 0 Å². The fourth-order valence-electron chi connectivity index (χ4n) is 1.84. The number of nitrogens with zero attached hydrogens (tertiary/aromatic N) is 1. The van der Waals surface area contributed by atoms with E-state index < -0.39 is 0 Å². The molecule has 1 saturated heterocycles. The van der Waals surface area contributed by atoms with Gasteiger partial charge in [0.2, 0.25) is 0 Å². The maximum atomic E-state index is 7.35. The molecule has 0 radical (unpaired) electrons. The van der Waals surface area contributed by atoms with Crippen molar-refractivity contribution in [1.82, 2.24) is 4.90 Å². The first-order chi connectivity index (χ1) is 8.16. The number of rotatable bonds is 3. The van der Waals surface area contributed by atoms with Crippen LogP contribution in [0.25, 0.3) is 0 Å². The molecule has 0 unspecified atom stereocenters. The van der Waals surface area contributed by atoms with Crippen LogP contribution in [0, 0.1) is 5.41 Å². The lowest BCUT2D eigenvalue weighted by molar-refractivity contribution is 0.0342.